The Bertz CT molecular complexity index is 1230. The van der Waals surface area contributed by atoms with Crippen LogP contribution in [-0.4, -0.2) is 68.3 Å². The van der Waals surface area contributed by atoms with Crippen molar-refractivity contribution in [3.05, 3.63) is 60.8 Å². The lowest BCUT2D eigenvalue weighted by Gasteiger charge is -2.20. The van der Waals surface area contributed by atoms with Crippen LogP contribution < -0.4 is 0 Å². The number of carbonyl (C=O) groups excluding carboxylic acids is 2. The minimum absolute atomic E-state index is 0.000113. The van der Waals surface area contributed by atoms with Gasteiger partial charge in [-0.2, -0.15) is 0 Å². The number of likely N-dealkylation sites (N-methyl/N-ethyl adjacent to an activating group) is 1. The first-order valence-electron chi connectivity index (χ1n) is 25.6. The molecule has 0 aromatic heterocycles. The summed E-state index contributed by atoms with van der Waals surface area (Å²) in [4.78, 5) is 37.2. The van der Waals surface area contributed by atoms with Gasteiger partial charge < -0.3 is 19.3 Å². The molecule has 0 fully saturated rings. The number of nitrogens with zero attached hydrogens (tertiary/aromatic N) is 1. The average Bonchev–Trinajstić information content (AvgIpc) is 3.25. The molecule has 0 aromatic rings. The van der Waals surface area contributed by atoms with Crippen LogP contribution in [0.4, 0.5) is 0 Å². The summed E-state index contributed by atoms with van der Waals surface area (Å²) in [5.74, 6) is -0.837. The van der Waals surface area contributed by atoms with Gasteiger partial charge in [-0.25, -0.2) is 4.57 Å². The number of phosphoric ester groups is 1. The van der Waals surface area contributed by atoms with Gasteiger partial charge in [0.1, 0.15) is 6.61 Å². The smallest absolute Gasteiger partial charge is 0.462 e. The lowest BCUT2D eigenvalue weighted by atomic mass is 10.0. The van der Waals surface area contributed by atoms with Gasteiger partial charge in [-0.05, 0) is 97.6 Å². The molecule has 0 aliphatic carbocycles. The molecule has 1 N–H and O–H groups in total. The molecule has 0 heterocycles. The molecule has 0 radical (unpaired) electrons. The van der Waals surface area contributed by atoms with E-state index in [1.54, 1.807) is 0 Å². The van der Waals surface area contributed by atoms with Crippen LogP contribution >= 0.6 is 7.82 Å². The quantitative estimate of drug-likeness (QED) is 0.0276. The molecule has 10 heteroatoms. The highest BCUT2D eigenvalue weighted by atomic mass is 31.2. The van der Waals surface area contributed by atoms with Crippen LogP contribution in [0.3, 0.4) is 0 Å². The van der Waals surface area contributed by atoms with Crippen molar-refractivity contribution in [1.29, 1.82) is 0 Å². The molecular formula is C53H96NO8P. The highest BCUT2D eigenvalue weighted by Gasteiger charge is 2.26. The van der Waals surface area contributed by atoms with E-state index < -0.39 is 32.5 Å². The fraction of sp³-hybridized carbons (Fsp3) is 0.774. The number of hydrogen-bond donors (Lipinski definition) is 1. The molecule has 366 valence electrons. The highest BCUT2D eigenvalue weighted by Crippen LogP contribution is 2.43. The van der Waals surface area contributed by atoms with Gasteiger partial charge in [0.2, 0.25) is 0 Å². The van der Waals surface area contributed by atoms with Crippen LogP contribution in [0.1, 0.15) is 219 Å². The van der Waals surface area contributed by atoms with Crippen LogP contribution in [0.25, 0.3) is 0 Å². The van der Waals surface area contributed by atoms with Gasteiger partial charge in [0.15, 0.2) is 6.10 Å². The number of phosphoric acid groups is 1. The zero-order valence-corrected chi connectivity index (χ0v) is 41.9. The van der Waals surface area contributed by atoms with Crippen LogP contribution in [-0.2, 0) is 32.7 Å². The van der Waals surface area contributed by atoms with Crippen molar-refractivity contribution in [2.45, 2.75) is 225 Å². The van der Waals surface area contributed by atoms with E-state index in [1.807, 2.05) is 19.0 Å². The van der Waals surface area contributed by atoms with Crippen molar-refractivity contribution in [1.82, 2.24) is 4.90 Å². The second-order valence-corrected chi connectivity index (χ2v) is 18.8. The lowest BCUT2D eigenvalue weighted by Crippen LogP contribution is -2.29. The monoisotopic (exact) mass is 906 g/mol. The molecule has 0 saturated heterocycles. The maximum absolute atomic E-state index is 12.7. The Morgan fingerprint density at radius 1 is 0.492 bits per heavy atom. The molecule has 0 amide bonds. The summed E-state index contributed by atoms with van der Waals surface area (Å²) in [5.41, 5.74) is 0. The predicted molar refractivity (Wildman–Crippen MR) is 266 cm³/mol. The number of rotatable bonds is 47. The summed E-state index contributed by atoms with van der Waals surface area (Å²) in [5, 5.41) is 0. The normalized spacial score (nSPS) is 13.7. The Balaban J connectivity index is 4.24. The molecule has 0 saturated carbocycles. The number of allylic oxidation sites excluding steroid dienone is 10. The van der Waals surface area contributed by atoms with Crippen molar-refractivity contribution in [3.8, 4) is 0 Å². The van der Waals surface area contributed by atoms with Gasteiger partial charge in [0.05, 0.1) is 13.2 Å². The molecule has 0 aliphatic heterocycles. The van der Waals surface area contributed by atoms with Gasteiger partial charge in [-0.1, -0.05) is 184 Å². The number of hydrogen-bond acceptors (Lipinski definition) is 8. The van der Waals surface area contributed by atoms with E-state index in [1.165, 1.54) is 122 Å². The van der Waals surface area contributed by atoms with Gasteiger partial charge >= 0.3 is 19.8 Å². The predicted octanol–water partition coefficient (Wildman–Crippen LogP) is 15.4. The van der Waals surface area contributed by atoms with E-state index in [4.69, 9.17) is 18.5 Å². The average molecular weight is 906 g/mol. The third-order valence-electron chi connectivity index (χ3n) is 10.8. The minimum atomic E-state index is -4.38. The van der Waals surface area contributed by atoms with E-state index in [0.717, 1.165) is 57.8 Å². The Labute approximate surface area is 387 Å². The molecule has 2 atom stereocenters. The molecular weight excluding hydrogens is 810 g/mol. The topological polar surface area (TPSA) is 112 Å². The molecule has 9 nitrogen and oxygen atoms in total. The number of carbonyl (C=O) groups is 2. The maximum Gasteiger partial charge on any atom is 0.472 e. The molecule has 0 spiro atoms. The van der Waals surface area contributed by atoms with Gasteiger partial charge in [0, 0.05) is 19.4 Å². The first kappa shape index (κ1) is 60.7. The van der Waals surface area contributed by atoms with E-state index in [0.29, 0.717) is 19.4 Å². The zero-order chi connectivity index (χ0) is 46.2. The fourth-order valence-electron chi connectivity index (χ4n) is 6.84. The highest BCUT2D eigenvalue weighted by molar-refractivity contribution is 7.47. The maximum atomic E-state index is 12.7. The summed E-state index contributed by atoms with van der Waals surface area (Å²) >= 11 is 0. The third kappa shape index (κ3) is 49.0. The van der Waals surface area contributed by atoms with Gasteiger partial charge in [0.25, 0.3) is 0 Å². The second-order valence-electron chi connectivity index (χ2n) is 17.3. The summed E-state index contributed by atoms with van der Waals surface area (Å²) in [6.45, 7) is 4.27. The Hall–Kier alpha value is -2.29. The zero-order valence-electron chi connectivity index (χ0n) is 41.0. The third-order valence-corrected chi connectivity index (χ3v) is 11.8. The van der Waals surface area contributed by atoms with Gasteiger partial charge in [-0.15, -0.1) is 0 Å². The van der Waals surface area contributed by atoms with Crippen molar-refractivity contribution in [2.75, 3.05) is 40.5 Å². The summed E-state index contributed by atoms with van der Waals surface area (Å²) < 4.78 is 33.6. The SMILES string of the molecule is CCCCC/C=C\C/C=C\C/C=C\C/C=C\CCCCCC(=O)OCC(COP(=O)(O)OCCN(C)C)OC(=O)CCCCCCCCCCCCC/C=C\CCCCCCCC. The van der Waals surface area contributed by atoms with Crippen LogP contribution in [0.2, 0.25) is 0 Å². The first-order chi connectivity index (χ1) is 30.7. The van der Waals surface area contributed by atoms with Crippen LogP contribution in [0, 0.1) is 0 Å². The largest absolute Gasteiger partial charge is 0.472 e. The van der Waals surface area contributed by atoms with Crippen molar-refractivity contribution < 1.29 is 37.6 Å². The van der Waals surface area contributed by atoms with Crippen molar-refractivity contribution in [2.24, 2.45) is 0 Å². The molecule has 2 unspecified atom stereocenters. The molecule has 0 aliphatic rings. The summed E-state index contributed by atoms with van der Waals surface area (Å²) in [7, 11) is -0.730. The Morgan fingerprint density at radius 2 is 0.857 bits per heavy atom. The van der Waals surface area contributed by atoms with E-state index in [2.05, 4.69) is 74.6 Å². The number of ether oxygens (including phenoxy) is 2. The second kappa shape index (κ2) is 47.7. The Kier molecular flexibility index (Phi) is 45.9. The Morgan fingerprint density at radius 3 is 1.33 bits per heavy atom. The summed E-state index contributed by atoms with van der Waals surface area (Å²) in [6, 6.07) is 0. The molecule has 63 heavy (non-hydrogen) atoms. The minimum Gasteiger partial charge on any atom is -0.462 e. The number of esters is 2. The van der Waals surface area contributed by atoms with E-state index in [9.17, 15) is 19.0 Å². The lowest BCUT2D eigenvalue weighted by molar-refractivity contribution is -0.161. The summed E-state index contributed by atoms with van der Waals surface area (Å²) in [6.07, 6.45) is 57.0. The first-order valence-corrected chi connectivity index (χ1v) is 27.1. The van der Waals surface area contributed by atoms with Crippen molar-refractivity contribution in [3.63, 3.8) is 0 Å². The number of unbranched alkanes of at least 4 members (excludes halogenated alkanes) is 23. The van der Waals surface area contributed by atoms with Gasteiger partial charge in [-0.3, -0.25) is 18.6 Å². The van der Waals surface area contributed by atoms with E-state index >= 15 is 0 Å². The van der Waals surface area contributed by atoms with Crippen LogP contribution in [0.15, 0.2) is 60.8 Å². The molecule has 0 rings (SSSR count). The van der Waals surface area contributed by atoms with Crippen LogP contribution in [0.5, 0.6) is 0 Å². The standard InChI is InChI=1S/C53H96NO8P/c1-5-7-9-11-13-15-17-19-21-23-25-26-28-30-32-34-36-38-40-42-44-46-53(56)62-51(50-61-63(57,58)60-48-47-54(3)4)49-59-52(55)45-43-41-39-37-35-33-31-29-27-24-22-20-18-16-14-12-10-8-6-2/h14,16,19-22,27,29,33,35,51H,5-13,15,17-18,23-26,28,30-32,34,36-50H2,1-4H3,(H,57,58)/b16-14-,21-19-,22-20-,29-27-,35-33-. The van der Waals surface area contributed by atoms with Crippen molar-refractivity contribution >= 4 is 19.8 Å². The molecule has 0 aromatic carbocycles. The van der Waals surface area contributed by atoms with E-state index in [-0.39, 0.29) is 26.1 Å². The fourth-order valence-corrected chi connectivity index (χ4v) is 7.58. The molecule has 0 bridgehead atoms.